The van der Waals surface area contributed by atoms with Crippen LogP contribution in [0.2, 0.25) is 0 Å². The molecule has 0 saturated heterocycles. The summed E-state index contributed by atoms with van der Waals surface area (Å²) >= 11 is 6.02. The van der Waals surface area contributed by atoms with Gasteiger partial charge in [0, 0.05) is 5.56 Å². The van der Waals surface area contributed by atoms with Crippen LogP contribution in [0.4, 0.5) is 8.78 Å². The van der Waals surface area contributed by atoms with Crippen LogP contribution in [0, 0.1) is 11.6 Å². The first-order valence-electron chi connectivity index (χ1n) is 4.64. The van der Waals surface area contributed by atoms with Crippen LogP contribution in [-0.4, -0.2) is 0 Å². The minimum Gasteiger partial charge on any atom is -0.452 e. The molecule has 6 heteroatoms. The third-order valence-corrected chi connectivity index (χ3v) is 3.31. The second-order valence-corrected chi connectivity index (χ2v) is 5.04. The predicted octanol–water partition coefficient (Wildman–Crippen LogP) is 4.13. The van der Waals surface area contributed by atoms with E-state index < -0.39 is 17.7 Å². The Bertz CT molecular complexity index is 556. The number of rotatable bonds is 2. The van der Waals surface area contributed by atoms with E-state index in [-0.39, 0.29) is 10.0 Å². The van der Waals surface area contributed by atoms with Crippen LogP contribution in [0.15, 0.2) is 37.8 Å². The van der Waals surface area contributed by atoms with Gasteiger partial charge in [0.1, 0.15) is 17.4 Å². The van der Waals surface area contributed by atoms with Crippen LogP contribution in [0.25, 0.3) is 0 Å². The smallest absolute Gasteiger partial charge is 0.169 e. The molecule has 17 heavy (non-hydrogen) atoms. The largest absolute Gasteiger partial charge is 0.452 e. The average molecular weight is 367 g/mol. The number of hydrogen-bond acceptors (Lipinski definition) is 2. The molecule has 2 rings (SSSR count). The SMILES string of the molecule is NC(c1ccc(Br)o1)c1cc(F)c(Br)cc1F. The second-order valence-electron chi connectivity index (χ2n) is 3.41. The first-order valence-corrected chi connectivity index (χ1v) is 6.23. The maximum absolute atomic E-state index is 13.6. The van der Waals surface area contributed by atoms with Crippen LogP contribution in [-0.2, 0) is 0 Å². The zero-order valence-electron chi connectivity index (χ0n) is 8.38. The minimum absolute atomic E-state index is 0.0487. The Hall–Kier alpha value is -0.720. The van der Waals surface area contributed by atoms with Crippen molar-refractivity contribution in [3.05, 3.63) is 56.4 Å². The van der Waals surface area contributed by atoms with Gasteiger partial charge in [0.15, 0.2) is 4.67 Å². The zero-order chi connectivity index (χ0) is 12.6. The van der Waals surface area contributed by atoms with E-state index in [9.17, 15) is 8.78 Å². The first kappa shape index (κ1) is 12.7. The number of halogens is 4. The molecule has 0 radical (unpaired) electrons. The van der Waals surface area contributed by atoms with Crippen LogP contribution in [0.1, 0.15) is 17.4 Å². The highest BCUT2D eigenvalue weighted by Crippen LogP contribution is 2.28. The third-order valence-electron chi connectivity index (χ3n) is 2.28. The van der Waals surface area contributed by atoms with Gasteiger partial charge in [-0.15, -0.1) is 0 Å². The van der Waals surface area contributed by atoms with Crippen molar-refractivity contribution >= 4 is 31.9 Å². The van der Waals surface area contributed by atoms with Crippen LogP contribution >= 0.6 is 31.9 Å². The monoisotopic (exact) mass is 365 g/mol. The van der Waals surface area contributed by atoms with Crippen molar-refractivity contribution < 1.29 is 13.2 Å². The van der Waals surface area contributed by atoms with Gasteiger partial charge in [-0.2, -0.15) is 0 Å². The van der Waals surface area contributed by atoms with Crippen molar-refractivity contribution in [2.24, 2.45) is 5.73 Å². The molecular formula is C11H7Br2F2NO. The average Bonchev–Trinajstić information content (AvgIpc) is 2.69. The van der Waals surface area contributed by atoms with Gasteiger partial charge in [0.05, 0.1) is 10.5 Å². The first-order chi connectivity index (χ1) is 7.99. The summed E-state index contributed by atoms with van der Waals surface area (Å²) in [6.45, 7) is 0. The molecule has 0 amide bonds. The molecule has 0 aliphatic carbocycles. The summed E-state index contributed by atoms with van der Waals surface area (Å²) < 4.78 is 32.7. The molecule has 0 fully saturated rings. The molecule has 2 aromatic rings. The number of benzene rings is 1. The van der Waals surface area contributed by atoms with Gasteiger partial charge in [-0.1, -0.05) is 0 Å². The summed E-state index contributed by atoms with van der Waals surface area (Å²) in [6, 6.07) is 4.50. The lowest BCUT2D eigenvalue weighted by atomic mass is 10.0. The van der Waals surface area contributed by atoms with Gasteiger partial charge in [0.2, 0.25) is 0 Å². The number of hydrogen-bond donors (Lipinski definition) is 1. The maximum atomic E-state index is 13.6. The van der Waals surface area contributed by atoms with Gasteiger partial charge in [-0.05, 0) is 56.1 Å². The van der Waals surface area contributed by atoms with Crippen LogP contribution < -0.4 is 5.73 Å². The number of nitrogens with two attached hydrogens (primary N) is 1. The molecular weight excluding hydrogens is 360 g/mol. The quantitative estimate of drug-likeness (QED) is 0.811. The van der Waals surface area contributed by atoms with E-state index in [1.807, 2.05) is 0 Å². The Labute approximate surface area is 113 Å². The summed E-state index contributed by atoms with van der Waals surface area (Å²) in [6.07, 6.45) is 0. The molecule has 0 bridgehead atoms. The Morgan fingerprint density at radius 2 is 1.82 bits per heavy atom. The van der Waals surface area contributed by atoms with Gasteiger partial charge in [-0.25, -0.2) is 8.78 Å². The molecule has 1 aromatic carbocycles. The van der Waals surface area contributed by atoms with E-state index in [1.165, 1.54) is 0 Å². The highest BCUT2D eigenvalue weighted by Gasteiger charge is 2.19. The number of furan rings is 1. The summed E-state index contributed by atoms with van der Waals surface area (Å²) in [5, 5.41) is 0. The fourth-order valence-electron chi connectivity index (χ4n) is 1.42. The van der Waals surface area contributed by atoms with E-state index in [2.05, 4.69) is 31.9 Å². The summed E-state index contributed by atoms with van der Waals surface area (Å²) in [4.78, 5) is 0. The van der Waals surface area contributed by atoms with E-state index in [0.717, 1.165) is 12.1 Å². The van der Waals surface area contributed by atoms with Crippen molar-refractivity contribution in [1.29, 1.82) is 0 Å². The van der Waals surface area contributed by atoms with Gasteiger partial charge in [-0.3, -0.25) is 0 Å². The lowest BCUT2D eigenvalue weighted by molar-refractivity contribution is 0.461. The predicted molar refractivity (Wildman–Crippen MR) is 66.5 cm³/mol. The Balaban J connectivity index is 2.43. The lowest BCUT2D eigenvalue weighted by Crippen LogP contribution is -2.13. The van der Waals surface area contributed by atoms with Crippen molar-refractivity contribution in [2.45, 2.75) is 6.04 Å². The van der Waals surface area contributed by atoms with Crippen molar-refractivity contribution in [1.82, 2.24) is 0 Å². The summed E-state index contributed by atoms with van der Waals surface area (Å²) in [5.74, 6) is -0.793. The molecule has 1 heterocycles. The standard InChI is InChI=1S/C11H7Br2F2NO/c12-6-4-7(14)5(3-8(6)15)11(16)9-1-2-10(13)17-9/h1-4,11H,16H2. The van der Waals surface area contributed by atoms with Gasteiger partial charge in [0.25, 0.3) is 0 Å². The molecule has 0 aliphatic rings. The normalized spacial score (nSPS) is 12.8. The molecule has 0 saturated carbocycles. The van der Waals surface area contributed by atoms with E-state index in [0.29, 0.717) is 10.4 Å². The molecule has 90 valence electrons. The molecule has 1 unspecified atom stereocenters. The van der Waals surface area contributed by atoms with Crippen molar-refractivity contribution in [3.63, 3.8) is 0 Å². The molecule has 2 N–H and O–H groups in total. The second kappa shape index (κ2) is 4.88. The summed E-state index contributed by atoms with van der Waals surface area (Å²) in [5.41, 5.74) is 5.86. The topological polar surface area (TPSA) is 39.2 Å². The fraction of sp³-hybridized carbons (Fsp3) is 0.0909. The Kier molecular flexibility index (Phi) is 3.65. The summed E-state index contributed by atoms with van der Waals surface area (Å²) in [7, 11) is 0. The Morgan fingerprint density at radius 3 is 2.41 bits per heavy atom. The third kappa shape index (κ3) is 2.59. The van der Waals surface area contributed by atoms with Crippen molar-refractivity contribution in [3.8, 4) is 0 Å². The van der Waals surface area contributed by atoms with E-state index in [1.54, 1.807) is 12.1 Å². The zero-order valence-corrected chi connectivity index (χ0v) is 11.6. The Morgan fingerprint density at radius 1 is 1.12 bits per heavy atom. The molecule has 2 nitrogen and oxygen atoms in total. The molecule has 1 atom stereocenters. The van der Waals surface area contributed by atoms with Crippen LogP contribution in [0.3, 0.4) is 0 Å². The van der Waals surface area contributed by atoms with Crippen LogP contribution in [0.5, 0.6) is 0 Å². The van der Waals surface area contributed by atoms with Gasteiger partial charge >= 0.3 is 0 Å². The lowest BCUT2D eigenvalue weighted by Gasteiger charge is -2.11. The maximum Gasteiger partial charge on any atom is 0.169 e. The fourth-order valence-corrected chi connectivity index (χ4v) is 2.06. The molecule has 1 aromatic heterocycles. The highest BCUT2D eigenvalue weighted by atomic mass is 79.9. The van der Waals surface area contributed by atoms with Gasteiger partial charge < -0.3 is 10.2 Å². The molecule has 0 aliphatic heterocycles. The minimum atomic E-state index is -0.844. The van der Waals surface area contributed by atoms with E-state index in [4.69, 9.17) is 10.2 Å². The molecule has 0 spiro atoms. The van der Waals surface area contributed by atoms with Crippen molar-refractivity contribution in [2.75, 3.05) is 0 Å². The van der Waals surface area contributed by atoms with E-state index >= 15 is 0 Å². The highest BCUT2D eigenvalue weighted by molar-refractivity contribution is 9.10.